The van der Waals surface area contributed by atoms with Crippen LogP contribution < -0.4 is 10.6 Å². The van der Waals surface area contributed by atoms with Gasteiger partial charge < -0.3 is 20.1 Å². The van der Waals surface area contributed by atoms with Gasteiger partial charge in [0, 0.05) is 43.6 Å². The van der Waals surface area contributed by atoms with Crippen molar-refractivity contribution in [3.8, 4) is 0 Å². The van der Waals surface area contributed by atoms with E-state index in [0.29, 0.717) is 18.8 Å². The number of nitrogen functional groups attached to an aromatic ring is 1. The van der Waals surface area contributed by atoms with Crippen LogP contribution in [-0.4, -0.2) is 42.1 Å². The van der Waals surface area contributed by atoms with Gasteiger partial charge in [-0.05, 0) is 24.3 Å². The number of carbonyl (C=O) groups excluding carboxylic acids is 1. The molecular formula is C14H16N4O2. The number of hydrogen-bond donors (Lipinski definition) is 1. The van der Waals surface area contributed by atoms with Gasteiger partial charge in [-0.3, -0.25) is 4.79 Å². The van der Waals surface area contributed by atoms with Crippen molar-refractivity contribution in [1.82, 2.24) is 10.1 Å². The SMILES string of the molecule is Nc1ccc(N2CCN(C(=O)c3ccon3)CC2)cc1. The molecule has 3 rings (SSSR count). The van der Waals surface area contributed by atoms with E-state index in [1.165, 1.54) is 6.26 Å². The number of amides is 1. The van der Waals surface area contributed by atoms with Crippen molar-refractivity contribution in [3.05, 3.63) is 42.3 Å². The minimum atomic E-state index is -0.0734. The molecule has 1 aromatic carbocycles. The van der Waals surface area contributed by atoms with Gasteiger partial charge >= 0.3 is 0 Å². The molecule has 0 unspecified atom stereocenters. The van der Waals surface area contributed by atoms with E-state index in [4.69, 9.17) is 10.3 Å². The lowest BCUT2D eigenvalue weighted by molar-refractivity contribution is 0.0736. The maximum Gasteiger partial charge on any atom is 0.276 e. The van der Waals surface area contributed by atoms with Crippen molar-refractivity contribution in [2.75, 3.05) is 36.8 Å². The number of aromatic nitrogens is 1. The van der Waals surface area contributed by atoms with E-state index < -0.39 is 0 Å². The van der Waals surface area contributed by atoms with Gasteiger partial charge in [0.15, 0.2) is 5.69 Å². The van der Waals surface area contributed by atoms with Crippen molar-refractivity contribution >= 4 is 17.3 Å². The van der Waals surface area contributed by atoms with Crippen LogP contribution in [0.5, 0.6) is 0 Å². The maximum atomic E-state index is 12.1. The van der Waals surface area contributed by atoms with E-state index in [-0.39, 0.29) is 5.91 Å². The lowest BCUT2D eigenvalue weighted by atomic mass is 10.2. The molecule has 6 heteroatoms. The number of benzene rings is 1. The van der Waals surface area contributed by atoms with Gasteiger partial charge in [-0.1, -0.05) is 5.16 Å². The van der Waals surface area contributed by atoms with Gasteiger partial charge in [-0.25, -0.2) is 0 Å². The molecule has 1 amide bonds. The minimum Gasteiger partial charge on any atom is -0.399 e. The van der Waals surface area contributed by atoms with E-state index in [0.717, 1.165) is 24.5 Å². The lowest BCUT2D eigenvalue weighted by Gasteiger charge is -2.35. The molecule has 1 aromatic heterocycles. The molecular weight excluding hydrogens is 256 g/mol. The molecule has 6 nitrogen and oxygen atoms in total. The fourth-order valence-electron chi connectivity index (χ4n) is 2.34. The molecule has 0 bridgehead atoms. The van der Waals surface area contributed by atoms with E-state index in [1.807, 2.05) is 24.3 Å². The van der Waals surface area contributed by atoms with Crippen molar-refractivity contribution in [3.63, 3.8) is 0 Å². The lowest BCUT2D eigenvalue weighted by Crippen LogP contribution is -2.48. The Labute approximate surface area is 116 Å². The first kappa shape index (κ1) is 12.5. The normalized spacial score (nSPS) is 15.4. The van der Waals surface area contributed by atoms with Crippen LogP contribution in [-0.2, 0) is 0 Å². The standard InChI is InChI=1S/C14H16N4O2/c15-11-1-3-12(4-2-11)17-6-8-18(9-7-17)14(19)13-5-10-20-16-13/h1-5,10H,6-9,15H2. The molecule has 1 aliphatic heterocycles. The van der Waals surface area contributed by atoms with Crippen molar-refractivity contribution < 1.29 is 9.32 Å². The number of nitrogens with two attached hydrogens (primary N) is 1. The summed E-state index contributed by atoms with van der Waals surface area (Å²) in [6.07, 6.45) is 1.41. The predicted molar refractivity (Wildman–Crippen MR) is 75.5 cm³/mol. The molecule has 2 aromatic rings. The molecule has 20 heavy (non-hydrogen) atoms. The average Bonchev–Trinajstić information content (AvgIpc) is 3.02. The summed E-state index contributed by atoms with van der Waals surface area (Å²) >= 11 is 0. The Bertz CT molecular complexity index is 572. The van der Waals surface area contributed by atoms with Gasteiger partial charge in [-0.15, -0.1) is 0 Å². The number of piperazine rings is 1. The zero-order valence-electron chi connectivity index (χ0n) is 11.0. The van der Waals surface area contributed by atoms with Crippen LogP contribution in [0.2, 0.25) is 0 Å². The quantitative estimate of drug-likeness (QED) is 0.832. The third-order valence-electron chi connectivity index (χ3n) is 3.48. The van der Waals surface area contributed by atoms with Crippen LogP contribution >= 0.6 is 0 Å². The summed E-state index contributed by atoms with van der Waals surface area (Å²) in [5.74, 6) is -0.0734. The highest BCUT2D eigenvalue weighted by atomic mass is 16.5. The molecule has 2 heterocycles. The van der Waals surface area contributed by atoms with Crippen LogP contribution in [0.3, 0.4) is 0 Å². The van der Waals surface area contributed by atoms with Gasteiger partial charge in [0.05, 0.1) is 0 Å². The molecule has 2 N–H and O–H groups in total. The van der Waals surface area contributed by atoms with Crippen LogP contribution in [0, 0.1) is 0 Å². The zero-order chi connectivity index (χ0) is 13.9. The highest BCUT2D eigenvalue weighted by molar-refractivity contribution is 5.92. The molecule has 0 saturated carbocycles. The number of carbonyl (C=O) groups is 1. The first-order valence-electron chi connectivity index (χ1n) is 6.54. The zero-order valence-corrected chi connectivity index (χ0v) is 11.0. The van der Waals surface area contributed by atoms with Gasteiger partial charge in [0.2, 0.25) is 0 Å². The Morgan fingerprint density at radius 3 is 2.40 bits per heavy atom. The maximum absolute atomic E-state index is 12.1. The predicted octanol–water partition coefficient (Wildman–Crippen LogP) is 1.22. The largest absolute Gasteiger partial charge is 0.399 e. The first-order valence-corrected chi connectivity index (χ1v) is 6.54. The van der Waals surface area contributed by atoms with Gasteiger partial charge in [-0.2, -0.15) is 0 Å². The van der Waals surface area contributed by atoms with Crippen molar-refractivity contribution in [1.29, 1.82) is 0 Å². The summed E-state index contributed by atoms with van der Waals surface area (Å²) in [6.45, 7) is 2.95. The third-order valence-corrected chi connectivity index (χ3v) is 3.48. The Balaban J connectivity index is 1.62. The highest BCUT2D eigenvalue weighted by Crippen LogP contribution is 2.18. The molecule has 104 valence electrons. The minimum absolute atomic E-state index is 0.0734. The van der Waals surface area contributed by atoms with Crippen molar-refractivity contribution in [2.45, 2.75) is 0 Å². The topological polar surface area (TPSA) is 75.6 Å². The van der Waals surface area contributed by atoms with Crippen LogP contribution in [0.1, 0.15) is 10.5 Å². The third kappa shape index (κ3) is 2.45. The smallest absolute Gasteiger partial charge is 0.276 e. The summed E-state index contributed by atoms with van der Waals surface area (Å²) in [5.41, 5.74) is 7.94. The number of rotatable bonds is 2. The first-order chi connectivity index (χ1) is 9.74. The fraction of sp³-hybridized carbons (Fsp3) is 0.286. The van der Waals surface area contributed by atoms with Gasteiger partial charge in [0.25, 0.3) is 5.91 Å². The molecule has 0 spiro atoms. The van der Waals surface area contributed by atoms with E-state index in [2.05, 4.69) is 10.1 Å². The Morgan fingerprint density at radius 2 is 1.80 bits per heavy atom. The Hall–Kier alpha value is -2.50. The Kier molecular flexibility index (Phi) is 3.28. The molecule has 1 aliphatic rings. The van der Waals surface area contributed by atoms with Crippen LogP contribution in [0.15, 0.2) is 41.1 Å². The molecule has 1 saturated heterocycles. The molecule has 0 aliphatic carbocycles. The van der Waals surface area contributed by atoms with Gasteiger partial charge in [0.1, 0.15) is 6.26 Å². The van der Waals surface area contributed by atoms with Crippen LogP contribution in [0.4, 0.5) is 11.4 Å². The number of anilines is 2. The number of nitrogens with zero attached hydrogens (tertiary/aromatic N) is 3. The van der Waals surface area contributed by atoms with Crippen LogP contribution in [0.25, 0.3) is 0 Å². The monoisotopic (exact) mass is 272 g/mol. The average molecular weight is 272 g/mol. The summed E-state index contributed by atoms with van der Waals surface area (Å²) in [5, 5.41) is 3.68. The summed E-state index contributed by atoms with van der Waals surface area (Å²) < 4.78 is 4.71. The summed E-state index contributed by atoms with van der Waals surface area (Å²) in [6, 6.07) is 9.38. The molecule has 0 atom stereocenters. The summed E-state index contributed by atoms with van der Waals surface area (Å²) in [4.78, 5) is 16.2. The fourth-order valence-corrected chi connectivity index (χ4v) is 2.34. The second-order valence-electron chi connectivity index (χ2n) is 4.76. The second-order valence-corrected chi connectivity index (χ2v) is 4.76. The molecule has 0 radical (unpaired) electrons. The van der Waals surface area contributed by atoms with Crippen molar-refractivity contribution in [2.24, 2.45) is 0 Å². The second kappa shape index (κ2) is 5.24. The van der Waals surface area contributed by atoms with E-state index in [1.54, 1.807) is 11.0 Å². The molecule has 1 fully saturated rings. The Morgan fingerprint density at radius 1 is 1.10 bits per heavy atom. The van der Waals surface area contributed by atoms with E-state index in [9.17, 15) is 4.79 Å². The number of hydrogen-bond acceptors (Lipinski definition) is 5. The summed E-state index contributed by atoms with van der Waals surface area (Å²) in [7, 11) is 0. The van der Waals surface area contributed by atoms with E-state index >= 15 is 0 Å². The highest BCUT2D eigenvalue weighted by Gasteiger charge is 2.23.